The van der Waals surface area contributed by atoms with Gasteiger partial charge < -0.3 is 20.7 Å². The van der Waals surface area contributed by atoms with Gasteiger partial charge in [-0.1, -0.05) is 0 Å². The van der Waals surface area contributed by atoms with Crippen LogP contribution in [0.4, 0.5) is 38.0 Å². The minimum atomic E-state index is -4.96. The van der Waals surface area contributed by atoms with Gasteiger partial charge in [-0.05, 0) is 63.6 Å². The molecule has 5 aliphatic heterocycles. The molecule has 0 saturated carbocycles. The van der Waals surface area contributed by atoms with Gasteiger partial charge in [0.05, 0.1) is 27.7 Å². The van der Waals surface area contributed by atoms with E-state index in [0.29, 0.717) is 31.7 Å². The highest BCUT2D eigenvalue weighted by atomic mass is 19.4. The molecule has 4 saturated heterocycles. The van der Waals surface area contributed by atoms with Gasteiger partial charge in [-0.25, -0.2) is 18.2 Å². The molecule has 0 radical (unpaired) electrons. The molecule has 14 heteroatoms. The van der Waals surface area contributed by atoms with E-state index in [1.807, 2.05) is 0 Å². The summed E-state index contributed by atoms with van der Waals surface area (Å²) in [6, 6.07) is 1.01. The van der Waals surface area contributed by atoms with Crippen molar-refractivity contribution in [3.8, 4) is 17.3 Å². The van der Waals surface area contributed by atoms with Crippen LogP contribution in [0.5, 0.6) is 6.01 Å². The number of nitrogens with two attached hydrogens (primary N) is 1. The molecule has 8 nitrogen and oxygen atoms in total. The number of halogens is 6. The van der Waals surface area contributed by atoms with Gasteiger partial charge in [-0.3, -0.25) is 4.90 Å². The van der Waals surface area contributed by atoms with Gasteiger partial charge in [-0.2, -0.15) is 23.1 Å². The molecule has 0 amide bonds. The summed E-state index contributed by atoms with van der Waals surface area (Å²) in [7, 11) is 0. The van der Waals surface area contributed by atoms with Gasteiger partial charge in [0.15, 0.2) is 5.82 Å². The van der Waals surface area contributed by atoms with Crippen molar-refractivity contribution in [2.75, 3.05) is 36.9 Å². The van der Waals surface area contributed by atoms with Gasteiger partial charge >= 0.3 is 12.2 Å². The number of fused-ring (bicyclic) bond motifs is 6. The Morgan fingerprint density at radius 1 is 1.11 bits per heavy atom. The normalized spacial score (nSPS) is 29.3. The van der Waals surface area contributed by atoms with Gasteiger partial charge in [0.2, 0.25) is 0 Å². The third kappa shape index (κ3) is 4.45. The largest absolute Gasteiger partial charge is 0.461 e. The second kappa shape index (κ2) is 10.1. The molecule has 0 unspecified atom stereocenters. The highest BCUT2D eigenvalue weighted by Gasteiger charge is 2.50. The molecule has 240 valence electrons. The first-order valence-electron chi connectivity index (χ1n) is 15.5. The van der Waals surface area contributed by atoms with Crippen molar-refractivity contribution >= 4 is 22.5 Å². The molecular formula is C31H33F6N7O. The lowest BCUT2D eigenvalue weighted by Crippen LogP contribution is -2.58. The molecule has 45 heavy (non-hydrogen) atoms. The van der Waals surface area contributed by atoms with Crippen LogP contribution in [0.15, 0.2) is 6.07 Å². The van der Waals surface area contributed by atoms with E-state index in [-0.39, 0.29) is 65.0 Å². The summed E-state index contributed by atoms with van der Waals surface area (Å²) in [6.07, 6.45) is -1.57. The Balaban J connectivity index is 1.34. The lowest BCUT2D eigenvalue weighted by atomic mass is 9.93. The van der Waals surface area contributed by atoms with Crippen molar-refractivity contribution in [1.29, 1.82) is 0 Å². The van der Waals surface area contributed by atoms with E-state index in [1.54, 1.807) is 0 Å². The SMILES string of the molecule is Cc1cc(N)nc(-c2c(F)c3c4c(nc(OC[C@@]56CCCN5C[C@H](F)C6)nc4c2F)N2C[C@H]4CC[C@H](N4)[C@H]2CC3)c1C(F)(F)F. The number of alkyl halides is 4. The lowest BCUT2D eigenvalue weighted by Gasteiger charge is -2.41. The fraction of sp³-hybridized carbons (Fsp3) is 0.581. The van der Waals surface area contributed by atoms with E-state index >= 15 is 8.78 Å². The van der Waals surface area contributed by atoms with E-state index in [1.165, 1.54) is 6.92 Å². The number of ether oxygens (including phenoxy) is 1. The van der Waals surface area contributed by atoms with E-state index in [0.717, 1.165) is 38.3 Å². The number of nitrogen functional groups attached to an aromatic ring is 1. The minimum absolute atomic E-state index is 0.0415. The van der Waals surface area contributed by atoms with E-state index in [2.05, 4.69) is 25.1 Å². The smallest absolute Gasteiger partial charge is 0.418 e. The van der Waals surface area contributed by atoms with Crippen LogP contribution in [0.1, 0.15) is 55.2 Å². The predicted molar refractivity (Wildman–Crippen MR) is 155 cm³/mol. The molecule has 8 rings (SSSR count). The molecule has 0 spiro atoms. The lowest BCUT2D eigenvalue weighted by molar-refractivity contribution is -0.137. The summed E-state index contributed by atoms with van der Waals surface area (Å²) in [6.45, 7) is 2.86. The van der Waals surface area contributed by atoms with Crippen molar-refractivity contribution in [2.45, 2.75) is 87.9 Å². The Labute approximate surface area is 255 Å². The van der Waals surface area contributed by atoms with Gasteiger partial charge in [0.25, 0.3) is 0 Å². The molecule has 5 atom stereocenters. The zero-order chi connectivity index (χ0) is 31.4. The van der Waals surface area contributed by atoms with Crippen molar-refractivity contribution in [3.63, 3.8) is 0 Å². The minimum Gasteiger partial charge on any atom is -0.461 e. The molecule has 4 fully saturated rings. The maximum absolute atomic E-state index is 16.8. The number of hydrogen-bond donors (Lipinski definition) is 2. The highest BCUT2D eigenvalue weighted by Crippen LogP contribution is 2.47. The number of nitrogens with zero attached hydrogens (tertiary/aromatic N) is 5. The standard InChI is InChI=1S/C31H33F6N7O/c1-14-9-20(38)40-26(23(14)31(35,36)37)22-24(33)17-4-6-19-18-5-3-16(39-18)12-44(19)28-21(17)27(25(22)34)41-29(42-28)45-13-30-7-2-8-43(30)11-15(32)10-30/h9,15-16,18-19,39H,2-8,10-13H2,1H3,(H2,38,40)/t15-,16-,18+,19-,30+/m1/s1. The number of nitrogens with one attached hydrogen (secondary N) is 1. The zero-order valence-electron chi connectivity index (χ0n) is 24.7. The van der Waals surface area contributed by atoms with Crippen LogP contribution in [-0.2, 0) is 12.6 Å². The molecule has 5 aliphatic rings. The molecule has 0 aliphatic carbocycles. The summed E-state index contributed by atoms with van der Waals surface area (Å²) in [5.41, 5.74) is 1.59. The Hall–Kier alpha value is -3.39. The number of piperazine rings is 1. The van der Waals surface area contributed by atoms with Crippen LogP contribution in [0.3, 0.4) is 0 Å². The Bertz CT molecular complexity index is 1720. The van der Waals surface area contributed by atoms with Crippen molar-refractivity contribution in [2.24, 2.45) is 0 Å². The fourth-order valence-corrected chi connectivity index (χ4v) is 8.72. The molecule has 1 aromatic carbocycles. The van der Waals surface area contributed by atoms with Crippen LogP contribution >= 0.6 is 0 Å². The highest BCUT2D eigenvalue weighted by molar-refractivity contribution is 5.97. The fourth-order valence-electron chi connectivity index (χ4n) is 8.72. The first-order valence-corrected chi connectivity index (χ1v) is 15.5. The van der Waals surface area contributed by atoms with Crippen LogP contribution < -0.4 is 20.7 Å². The third-order valence-corrected chi connectivity index (χ3v) is 10.6. The van der Waals surface area contributed by atoms with Crippen LogP contribution in [0.25, 0.3) is 22.2 Å². The Morgan fingerprint density at radius 3 is 2.73 bits per heavy atom. The summed E-state index contributed by atoms with van der Waals surface area (Å²) in [5, 5.41) is 3.74. The number of aryl methyl sites for hydroxylation is 2. The quantitative estimate of drug-likeness (QED) is 0.384. The number of rotatable bonds is 4. The second-order valence-electron chi connectivity index (χ2n) is 13.3. The number of benzene rings is 1. The Morgan fingerprint density at radius 2 is 1.93 bits per heavy atom. The van der Waals surface area contributed by atoms with Crippen LogP contribution in [-0.4, -0.2) is 75.9 Å². The number of pyridine rings is 1. The van der Waals surface area contributed by atoms with E-state index < -0.39 is 46.3 Å². The number of aromatic nitrogens is 3. The maximum Gasteiger partial charge on any atom is 0.418 e. The molecule has 2 aromatic heterocycles. The molecule has 3 aromatic rings. The van der Waals surface area contributed by atoms with Crippen molar-refractivity contribution < 1.29 is 31.1 Å². The van der Waals surface area contributed by atoms with Crippen LogP contribution in [0, 0.1) is 18.6 Å². The zero-order valence-corrected chi connectivity index (χ0v) is 24.7. The van der Waals surface area contributed by atoms with Gasteiger partial charge in [0.1, 0.15) is 35.7 Å². The first-order chi connectivity index (χ1) is 21.4. The first kappa shape index (κ1) is 29.0. The number of hydrogen-bond acceptors (Lipinski definition) is 8. The van der Waals surface area contributed by atoms with Crippen molar-refractivity contribution in [1.82, 2.24) is 25.2 Å². The predicted octanol–water partition coefficient (Wildman–Crippen LogP) is 5.09. The summed E-state index contributed by atoms with van der Waals surface area (Å²) in [4.78, 5) is 17.1. The topological polar surface area (TPSA) is 92.4 Å². The summed E-state index contributed by atoms with van der Waals surface area (Å²) in [5.74, 6) is -2.40. The van der Waals surface area contributed by atoms with E-state index in [4.69, 9.17) is 15.5 Å². The average Bonchev–Trinajstić information content (AvgIpc) is 3.59. The molecule has 3 N–H and O–H groups in total. The number of anilines is 2. The molecule has 2 bridgehead atoms. The van der Waals surface area contributed by atoms with Gasteiger partial charge in [-0.15, -0.1) is 0 Å². The second-order valence-corrected chi connectivity index (χ2v) is 13.3. The summed E-state index contributed by atoms with van der Waals surface area (Å²) < 4.78 is 97.0. The molecular weight excluding hydrogens is 600 g/mol. The molecule has 7 heterocycles. The Kier molecular flexibility index (Phi) is 6.49. The average molecular weight is 634 g/mol. The summed E-state index contributed by atoms with van der Waals surface area (Å²) >= 11 is 0. The van der Waals surface area contributed by atoms with Crippen LogP contribution in [0.2, 0.25) is 0 Å². The third-order valence-electron chi connectivity index (χ3n) is 10.6. The maximum atomic E-state index is 16.8. The van der Waals surface area contributed by atoms with Crippen molar-refractivity contribution in [3.05, 3.63) is 34.4 Å². The monoisotopic (exact) mass is 633 g/mol. The van der Waals surface area contributed by atoms with E-state index in [9.17, 15) is 17.6 Å². The van der Waals surface area contributed by atoms with Gasteiger partial charge in [0, 0.05) is 43.2 Å².